The molecule has 0 aliphatic rings. The zero-order valence-corrected chi connectivity index (χ0v) is 7.50. The number of aryl methyl sites for hydroxylation is 1. The van der Waals surface area contributed by atoms with E-state index in [1.54, 1.807) is 20.0 Å². The van der Waals surface area contributed by atoms with Crippen LogP contribution in [-0.4, -0.2) is 12.0 Å². The number of nitrogens with one attached hydrogen (secondary N) is 1. The molecule has 0 bridgehead atoms. The van der Waals surface area contributed by atoms with E-state index in [-0.39, 0.29) is 5.69 Å². The Morgan fingerprint density at radius 2 is 2.15 bits per heavy atom. The van der Waals surface area contributed by atoms with Gasteiger partial charge in [0.15, 0.2) is 0 Å². The summed E-state index contributed by atoms with van der Waals surface area (Å²) in [6.45, 7) is 1.81. The molecule has 0 unspecified atom stereocenters. The van der Waals surface area contributed by atoms with Crippen LogP contribution >= 0.6 is 0 Å². The number of nitro groups is 1. The van der Waals surface area contributed by atoms with Crippen molar-refractivity contribution >= 4 is 17.1 Å². The molecule has 5 heteroatoms. The molecular formula is C8H11N3O2. The van der Waals surface area contributed by atoms with Gasteiger partial charge >= 0.3 is 0 Å². The number of nitrogen functional groups attached to an aromatic ring is 1. The summed E-state index contributed by atoms with van der Waals surface area (Å²) < 4.78 is 0. The van der Waals surface area contributed by atoms with Gasteiger partial charge in [0.2, 0.25) is 0 Å². The van der Waals surface area contributed by atoms with E-state index in [2.05, 4.69) is 5.32 Å². The van der Waals surface area contributed by atoms with Crippen molar-refractivity contribution in [3.63, 3.8) is 0 Å². The highest BCUT2D eigenvalue weighted by Crippen LogP contribution is 2.28. The van der Waals surface area contributed by atoms with E-state index >= 15 is 0 Å². The molecule has 3 N–H and O–H groups in total. The fourth-order valence-electron chi connectivity index (χ4n) is 1.06. The van der Waals surface area contributed by atoms with Gasteiger partial charge in [-0.2, -0.15) is 0 Å². The lowest BCUT2D eigenvalue weighted by atomic mass is 10.1. The predicted octanol–water partition coefficient (Wildman–Crippen LogP) is 1.53. The van der Waals surface area contributed by atoms with Gasteiger partial charge in [0, 0.05) is 18.8 Å². The van der Waals surface area contributed by atoms with Gasteiger partial charge in [-0.25, -0.2) is 0 Å². The Kier molecular flexibility index (Phi) is 2.36. The second-order valence-corrected chi connectivity index (χ2v) is 2.73. The Morgan fingerprint density at radius 1 is 1.54 bits per heavy atom. The predicted molar refractivity (Wildman–Crippen MR) is 51.8 cm³/mol. The number of rotatable bonds is 2. The molecule has 0 saturated heterocycles. The monoisotopic (exact) mass is 181 g/mol. The van der Waals surface area contributed by atoms with Crippen molar-refractivity contribution in [2.75, 3.05) is 18.1 Å². The molecule has 0 atom stereocenters. The summed E-state index contributed by atoms with van der Waals surface area (Å²) in [7, 11) is 1.64. The normalized spacial score (nSPS) is 9.69. The smallest absolute Gasteiger partial charge is 0.294 e. The average Bonchev–Trinajstić information content (AvgIpc) is 2.08. The second kappa shape index (κ2) is 3.30. The van der Waals surface area contributed by atoms with E-state index in [0.29, 0.717) is 11.4 Å². The van der Waals surface area contributed by atoms with Crippen LogP contribution in [0.25, 0.3) is 0 Å². The summed E-state index contributed by atoms with van der Waals surface area (Å²) in [6.07, 6.45) is 0. The Labute approximate surface area is 75.7 Å². The first-order chi connectivity index (χ1) is 6.06. The topological polar surface area (TPSA) is 81.2 Å². The van der Waals surface area contributed by atoms with E-state index in [9.17, 15) is 10.1 Å². The molecule has 0 amide bonds. The maximum atomic E-state index is 10.6. The number of hydrogen-bond donors (Lipinski definition) is 2. The number of nitrogens with two attached hydrogens (primary N) is 1. The van der Waals surface area contributed by atoms with Gasteiger partial charge in [0.25, 0.3) is 5.69 Å². The van der Waals surface area contributed by atoms with Gasteiger partial charge < -0.3 is 11.1 Å². The van der Waals surface area contributed by atoms with Crippen LogP contribution in [0.2, 0.25) is 0 Å². The largest absolute Gasteiger partial charge is 0.398 e. The first kappa shape index (κ1) is 9.31. The van der Waals surface area contributed by atoms with Crippen LogP contribution in [0.4, 0.5) is 17.1 Å². The third-order valence-electron chi connectivity index (χ3n) is 1.85. The fourth-order valence-corrected chi connectivity index (χ4v) is 1.06. The third-order valence-corrected chi connectivity index (χ3v) is 1.85. The highest BCUT2D eigenvalue weighted by Gasteiger charge is 2.13. The van der Waals surface area contributed by atoms with Crippen molar-refractivity contribution in [3.05, 3.63) is 27.8 Å². The highest BCUT2D eigenvalue weighted by atomic mass is 16.6. The molecule has 0 aliphatic carbocycles. The van der Waals surface area contributed by atoms with Gasteiger partial charge in [-0.1, -0.05) is 0 Å². The Balaban J connectivity index is 3.33. The third kappa shape index (κ3) is 1.69. The molecule has 0 radical (unpaired) electrons. The minimum absolute atomic E-state index is 0.00519. The molecule has 1 aromatic carbocycles. The molecule has 13 heavy (non-hydrogen) atoms. The summed E-state index contributed by atoms with van der Waals surface area (Å²) in [5.41, 5.74) is 7.30. The van der Waals surface area contributed by atoms with Gasteiger partial charge in [-0.05, 0) is 18.6 Å². The van der Waals surface area contributed by atoms with E-state index in [4.69, 9.17) is 5.73 Å². The molecule has 0 fully saturated rings. The molecule has 0 heterocycles. The summed E-state index contributed by atoms with van der Waals surface area (Å²) in [6, 6.07) is 3.02. The number of hydrogen-bond acceptors (Lipinski definition) is 4. The molecular weight excluding hydrogens is 170 g/mol. The standard InChI is InChI=1S/C8H11N3O2/c1-5-3-7(10-2)8(11(12)13)4-6(5)9/h3-4,10H,9H2,1-2H3. The minimum atomic E-state index is -0.457. The minimum Gasteiger partial charge on any atom is -0.398 e. The molecule has 0 aromatic heterocycles. The van der Waals surface area contributed by atoms with Crippen LogP contribution in [0.15, 0.2) is 12.1 Å². The molecule has 70 valence electrons. The average molecular weight is 181 g/mol. The molecule has 1 rings (SSSR count). The first-order valence-corrected chi connectivity index (χ1v) is 3.78. The Morgan fingerprint density at radius 3 is 2.62 bits per heavy atom. The summed E-state index contributed by atoms with van der Waals surface area (Å²) in [5, 5.41) is 13.3. The fraction of sp³-hybridized carbons (Fsp3) is 0.250. The van der Waals surface area contributed by atoms with E-state index in [0.717, 1.165) is 5.56 Å². The first-order valence-electron chi connectivity index (χ1n) is 3.78. The van der Waals surface area contributed by atoms with Gasteiger partial charge in [-0.3, -0.25) is 10.1 Å². The molecule has 0 aliphatic heterocycles. The van der Waals surface area contributed by atoms with Crippen molar-refractivity contribution in [2.45, 2.75) is 6.92 Å². The molecule has 5 nitrogen and oxygen atoms in total. The van der Waals surface area contributed by atoms with Crippen LogP contribution in [-0.2, 0) is 0 Å². The molecule has 0 spiro atoms. The number of benzene rings is 1. The van der Waals surface area contributed by atoms with Crippen LogP contribution in [0.3, 0.4) is 0 Å². The number of anilines is 2. The van der Waals surface area contributed by atoms with E-state index in [1.807, 2.05) is 0 Å². The van der Waals surface area contributed by atoms with Crippen molar-refractivity contribution in [2.24, 2.45) is 0 Å². The summed E-state index contributed by atoms with van der Waals surface area (Å²) >= 11 is 0. The van der Waals surface area contributed by atoms with E-state index in [1.165, 1.54) is 6.07 Å². The number of nitrogens with zero attached hydrogens (tertiary/aromatic N) is 1. The van der Waals surface area contributed by atoms with Crippen LogP contribution in [0.1, 0.15) is 5.56 Å². The van der Waals surface area contributed by atoms with Gasteiger partial charge in [-0.15, -0.1) is 0 Å². The molecule has 1 aromatic rings. The van der Waals surface area contributed by atoms with Crippen LogP contribution in [0.5, 0.6) is 0 Å². The SMILES string of the molecule is CNc1cc(C)c(N)cc1[N+](=O)[O-]. The lowest BCUT2D eigenvalue weighted by Crippen LogP contribution is -1.99. The maximum Gasteiger partial charge on any atom is 0.294 e. The van der Waals surface area contributed by atoms with Crippen molar-refractivity contribution in [3.8, 4) is 0 Å². The van der Waals surface area contributed by atoms with Crippen molar-refractivity contribution in [1.29, 1.82) is 0 Å². The summed E-state index contributed by atoms with van der Waals surface area (Å²) in [4.78, 5) is 10.1. The van der Waals surface area contributed by atoms with Gasteiger partial charge in [0.05, 0.1) is 4.92 Å². The highest BCUT2D eigenvalue weighted by molar-refractivity contribution is 5.69. The quantitative estimate of drug-likeness (QED) is 0.412. The second-order valence-electron chi connectivity index (χ2n) is 2.73. The van der Waals surface area contributed by atoms with Crippen LogP contribution < -0.4 is 11.1 Å². The maximum absolute atomic E-state index is 10.6. The summed E-state index contributed by atoms with van der Waals surface area (Å²) in [5.74, 6) is 0. The Bertz CT molecular complexity index is 349. The zero-order chi connectivity index (χ0) is 10.0. The Hall–Kier alpha value is -1.78. The van der Waals surface area contributed by atoms with Crippen LogP contribution in [0, 0.1) is 17.0 Å². The zero-order valence-electron chi connectivity index (χ0n) is 7.50. The van der Waals surface area contributed by atoms with Crippen molar-refractivity contribution < 1.29 is 4.92 Å². The number of nitro benzene ring substituents is 1. The van der Waals surface area contributed by atoms with E-state index < -0.39 is 4.92 Å². The molecule has 0 saturated carbocycles. The lowest BCUT2D eigenvalue weighted by Gasteiger charge is -2.05. The lowest BCUT2D eigenvalue weighted by molar-refractivity contribution is -0.383. The van der Waals surface area contributed by atoms with Crippen molar-refractivity contribution in [1.82, 2.24) is 0 Å². The van der Waals surface area contributed by atoms with Gasteiger partial charge in [0.1, 0.15) is 5.69 Å².